The summed E-state index contributed by atoms with van der Waals surface area (Å²) >= 11 is 0. The molecule has 1 heterocycles. The molecule has 0 amide bonds. The molecule has 0 saturated carbocycles. The van der Waals surface area contributed by atoms with E-state index in [9.17, 15) is 8.42 Å². The molecule has 1 aliphatic rings. The monoisotopic (exact) mass is 574 g/mol. The number of sulfonamides is 1. The molecular formula is C22H31IN4O4S. The summed E-state index contributed by atoms with van der Waals surface area (Å²) in [6, 6.07) is 11.0. The maximum Gasteiger partial charge on any atom is 0.242 e. The number of nitrogens with one attached hydrogen (secondary N) is 1. The van der Waals surface area contributed by atoms with E-state index in [1.165, 1.54) is 29.5 Å². The van der Waals surface area contributed by atoms with E-state index in [1.54, 1.807) is 33.4 Å². The topological polar surface area (TPSA) is 83.5 Å². The SMILES string of the molecule is CN=C(NCc1ccc(S(=O)(=O)N(C)C)cc1)N1CCc2cc(OC)c(OC)cc2C1.I. The number of nitrogens with zero attached hydrogens (tertiary/aromatic N) is 3. The molecule has 0 atom stereocenters. The number of aliphatic imine (C=N–C) groups is 1. The first-order valence-electron chi connectivity index (χ1n) is 10.0. The fraction of sp³-hybridized carbons (Fsp3) is 0.409. The zero-order chi connectivity index (χ0) is 22.6. The standard InChI is InChI=1S/C22H30N4O4S.HI/c1-23-22(24-14-16-6-8-19(9-7-16)31(27,28)25(2)3)26-11-10-17-12-20(29-4)21(30-5)13-18(17)15-26;/h6-9,12-13H,10-11,14-15H2,1-5H3,(H,23,24);1H. The number of ether oxygens (including phenoxy) is 2. The van der Waals surface area contributed by atoms with Gasteiger partial charge in [0.05, 0.1) is 19.1 Å². The Morgan fingerprint density at radius 2 is 1.69 bits per heavy atom. The molecule has 1 N–H and O–H groups in total. The van der Waals surface area contributed by atoms with Gasteiger partial charge in [-0.3, -0.25) is 4.99 Å². The minimum atomic E-state index is -3.42. The van der Waals surface area contributed by atoms with Crippen molar-refractivity contribution in [2.75, 3.05) is 41.9 Å². The number of benzene rings is 2. The molecule has 0 unspecified atom stereocenters. The minimum absolute atomic E-state index is 0. The van der Waals surface area contributed by atoms with E-state index in [0.29, 0.717) is 6.54 Å². The van der Waals surface area contributed by atoms with E-state index in [-0.39, 0.29) is 28.9 Å². The molecule has 0 radical (unpaired) electrons. The van der Waals surface area contributed by atoms with Crippen LogP contribution >= 0.6 is 24.0 Å². The highest BCUT2D eigenvalue weighted by Crippen LogP contribution is 2.33. The molecule has 0 saturated heterocycles. The van der Waals surface area contributed by atoms with Gasteiger partial charge in [-0.25, -0.2) is 12.7 Å². The number of methoxy groups -OCH3 is 2. The van der Waals surface area contributed by atoms with Crippen LogP contribution in [0.4, 0.5) is 0 Å². The Bertz CT molecular complexity index is 1060. The van der Waals surface area contributed by atoms with Crippen LogP contribution in [0.1, 0.15) is 16.7 Å². The van der Waals surface area contributed by atoms with Crippen LogP contribution < -0.4 is 14.8 Å². The van der Waals surface area contributed by atoms with Crippen LogP contribution in [0.2, 0.25) is 0 Å². The lowest BCUT2D eigenvalue weighted by Crippen LogP contribution is -2.43. The molecule has 2 aromatic carbocycles. The molecule has 0 aliphatic carbocycles. The Labute approximate surface area is 207 Å². The summed E-state index contributed by atoms with van der Waals surface area (Å²) in [7, 11) is 4.67. The average Bonchev–Trinajstić information content (AvgIpc) is 2.78. The number of halogens is 1. The van der Waals surface area contributed by atoms with Gasteiger partial charge in [-0.15, -0.1) is 24.0 Å². The first kappa shape index (κ1) is 26.2. The fourth-order valence-electron chi connectivity index (χ4n) is 3.57. The summed E-state index contributed by atoms with van der Waals surface area (Å²) < 4.78 is 36.5. The van der Waals surface area contributed by atoms with Crippen molar-refractivity contribution >= 4 is 40.0 Å². The maximum absolute atomic E-state index is 12.2. The molecule has 0 spiro atoms. The Balaban J connectivity index is 0.00000363. The van der Waals surface area contributed by atoms with Crippen molar-refractivity contribution in [1.82, 2.24) is 14.5 Å². The highest BCUT2D eigenvalue weighted by atomic mass is 127. The maximum atomic E-state index is 12.2. The first-order chi connectivity index (χ1) is 14.8. The van der Waals surface area contributed by atoms with E-state index in [2.05, 4.69) is 15.2 Å². The average molecular weight is 574 g/mol. The van der Waals surface area contributed by atoms with Crippen molar-refractivity contribution in [2.45, 2.75) is 24.4 Å². The molecular weight excluding hydrogens is 543 g/mol. The number of hydrogen-bond acceptors (Lipinski definition) is 5. The summed E-state index contributed by atoms with van der Waals surface area (Å²) in [6.07, 6.45) is 0.882. The third-order valence-corrected chi connectivity index (χ3v) is 7.21. The van der Waals surface area contributed by atoms with Crippen LogP contribution in [-0.2, 0) is 29.5 Å². The lowest BCUT2D eigenvalue weighted by molar-refractivity contribution is 0.346. The number of rotatable bonds is 6. The zero-order valence-corrected chi connectivity index (χ0v) is 22.2. The summed E-state index contributed by atoms with van der Waals surface area (Å²) in [4.78, 5) is 6.90. The second-order valence-corrected chi connectivity index (χ2v) is 9.63. The van der Waals surface area contributed by atoms with Gasteiger partial charge < -0.3 is 19.7 Å². The molecule has 3 rings (SSSR count). The first-order valence-corrected chi connectivity index (χ1v) is 11.4. The molecule has 0 bridgehead atoms. The Morgan fingerprint density at radius 3 is 2.22 bits per heavy atom. The predicted octanol–water partition coefficient (Wildman–Crippen LogP) is 2.71. The van der Waals surface area contributed by atoms with E-state index < -0.39 is 10.0 Å². The van der Waals surface area contributed by atoms with Crippen molar-refractivity contribution in [1.29, 1.82) is 0 Å². The van der Waals surface area contributed by atoms with Gasteiger partial charge in [0.15, 0.2) is 17.5 Å². The second kappa shape index (κ2) is 11.2. The molecule has 10 heteroatoms. The third kappa shape index (κ3) is 5.65. The van der Waals surface area contributed by atoms with E-state index in [4.69, 9.17) is 9.47 Å². The summed E-state index contributed by atoms with van der Waals surface area (Å²) in [6.45, 7) is 2.10. The van der Waals surface area contributed by atoms with Crippen LogP contribution in [0.5, 0.6) is 11.5 Å². The van der Waals surface area contributed by atoms with Gasteiger partial charge in [-0.2, -0.15) is 0 Å². The van der Waals surface area contributed by atoms with Gasteiger partial charge in [0.2, 0.25) is 10.0 Å². The Morgan fingerprint density at radius 1 is 1.09 bits per heavy atom. The number of guanidine groups is 1. The summed E-state index contributed by atoms with van der Waals surface area (Å²) in [5, 5.41) is 3.38. The van der Waals surface area contributed by atoms with Crippen LogP contribution in [0.15, 0.2) is 46.3 Å². The molecule has 32 heavy (non-hydrogen) atoms. The van der Waals surface area contributed by atoms with Gasteiger partial charge in [-0.05, 0) is 47.4 Å². The second-order valence-electron chi connectivity index (χ2n) is 7.48. The van der Waals surface area contributed by atoms with Crippen molar-refractivity contribution in [3.63, 3.8) is 0 Å². The van der Waals surface area contributed by atoms with E-state index >= 15 is 0 Å². The highest BCUT2D eigenvalue weighted by molar-refractivity contribution is 14.0. The van der Waals surface area contributed by atoms with Crippen LogP contribution in [0.25, 0.3) is 0 Å². The predicted molar refractivity (Wildman–Crippen MR) is 137 cm³/mol. The molecule has 0 fully saturated rings. The normalized spacial score (nSPS) is 13.9. The van der Waals surface area contributed by atoms with Crippen molar-refractivity contribution in [3.05, 3.63) is 53.1 Å². The van der Waals surface area contributed by atoms with Crippen molar-refractivity contribution < 1.29 is 17.9 Å². The molecule has 0 aromatic heterocycles. The molecule has 1 aliphatic heterocycles. The smallest absolute Gasteiger partial charge is 0.242 e. The summed E-state index contributed by atoms with van der Waals surface area (Å²) in [5.74, 6) is 2.26. The van der Waals surface area contributed by atoms with Gasteiger partial charge in [0.25, 0.3) is 0 Å². The van der Waals surface area contributed by atoms with Gasteiger partial charge in [0, 0.05) is 40.8 Å². The van der Waals surface area contributed by atoms with Gasteiger partial charge in [0.1, 0.15) is 0 Å². The van der Waals surface area contributed by atoms with E-state index in [1.807, 2.05) is 24.3 Å². The summed E-state index contributed by atoms with van der Waals surface area (Å²) in [5.41, 5.74) is 3.41. The van der Waals surface area contributed by atoms with Crippen molar-refractivity contribution in [3.8, 4) is 11.5 Å². The highest BCUT2D eigenvalue weighted by Gasteiger charge is 2.22. The van der Waals surface area contributed by atoms with E-state index in [0.717, 1.165) is 42.5 Å². The van der Waals surface area contributed by atoms with Crippen LogP contribution in [0.3, 0.4) is 0 Å². The Hall–Kier alpha value is -2.05. The van der Waals surface area contributed by atoms with Gasteiger partial charge >= 0.3 is 0 Å². The van der Waals surface area contributed by atoms with Crippen LogP contribution in [-0.4, -0.2) is 65.5 Å². The number of fused-ring (bicyclic) bond motifs is 1. The minimum Gasteiger partial charge on any atom is -0.493 e. The fourth-order valence-corrected chi connectivity index (χ4v) is 4.47. The third-order valence-electron chi connectivity index (χ3n) is 5.38. The Kier molecular flexibility index (Phi) is 9.17. The lowest BCUT2D eigenvalue weighted by atomic mass is 9.99. The largest absolute Gasteiger partial charge is 0.493 e. The zero-order valence-electron chi connectivity index (χ0n) is 19.1. The van der Waals surface area contributed by atoms with Crippen LogP contribution in [0, 0.1) is 0 Å². The number of hydrogen-bond donors (Lipinski definition) is 1. The quantitative estimate of drug-likeness (QED) is 0.325. The lowest BCUT2D eigenvalue weighted by Gasteiger charge is -2.32. The van der Waals surface area contributed by atoms with Gasteiger partial charge in [-0.1, -0.05) is 12.1 Å². The molecule has 8 nitrogen and oxygen atoms in total. The molecule has 2 aromatic rings. The molecule has 176 valence electrons. The van der Waals surface area contributed by atoms with Crippen molar-refractivity contribution in [2.24, 2.45) is 4.99 Å².